The van der Waals surface area contributed by atoms with Crippen molar-refractivity contribution in [2.24, 2.45) is 5.41 Å². The van der Waals surface area contributed by atoms with E-state index in [9.17, 15) is 15.0 Å². The van der Waals surface area contributed by atoms with Gasteiger partial charge in [-0.05, 0) is 38.7 Å². The minimum absolute atomic E-state index is 0.364. The third-order valence-electron chi connectivity index (χ3n) is 3.52. The van der Waals surface area contributed by atoms with Crippen LogP contribution in [0.2, 0.25) is 0 Å². The molecular weight excluding hydrogens is 244 g/mol. The highest BCUT2D eigenvalue weighted by molar-refractivity contribution is 5.74. The van der Waals surface area contributed by atoms with Gasteiger partial charge in [0.2, 0.25) is 0 Å². The highest BCUT2D eigenvalue weighted by atomic mass is 16.4. The first-order valence-corrected chi connectivity index (χ1v) is 6.50. The molecule has 0 saturated heterocycles. The van der Waals surface area contributed by atoms with Crippen LogP contribution in [0.1, 0.15) is 44.8 Å². The molecule has 4 nitrogen and oxygen atoms in total. The van der Waals surface area contributed by atoms with Crippen LogP contribution >= 0.6 is 0 Å². The Kier molecular flexibility index (Phi) is 5.51. The minimum atomic E-state index is -1.16. The van der Waals surface area contributed by atoms with Crippen molar-refractivity contribution in [3.8, 4) is 0 Å². The van der Waals surface area contributed by atoms with Crippen LogP contribution in [0.25, 0.3) is 0 Å². The summed E-state index contributed by atoms with van der Waals surface area (Å²) in [6.07, 6.45) is -0.0252. The zero-order valence-electron chi connectivity index (χ0n) is 11.4. The second-order valence-electron chi connectivity index (χ2n) is 5.40. The standard InChI is InChI=1S/C15H22O4/c1-15(2,14(18)19)13(17)10-6-9-12(16)11-7-4-3-5-8-11/h3-5,7-8,12-13,16-17H,6,9-10H2,1-2H3,(H,18,19). The van der Waals surface area contributed by atoms with E-state index in [1.54, 1.807) is 0 Å². The summed E-state index contributed by atoms with van der Waals surface area (Å²) < 4.78 is 0. The monoisotopic (exact) mass is 266 g/mol. The summed E-state index contributed by atoms with van der Waals surface area (Å²) in [4.78, 5) is 11.0. The van der Waals surface area contributed by atoms with Gasteiger partial charge in [0.05, 0.1) is 17.6 Å². The third-order valence-corrected chi connectivity index (χ3v) is 3.52. The van der Waals surface area contributed by atoms with Gasteiger partial charge in [0.25, 0.3) is 0 Å². The SMILES string of the molecule is CC(C)(C(=O)O)C(O)CCCC(O)c1ccccc1. The Bertz CT molecular complexity index is 400. The number of hydrogen-bond donors (Lipinski definition) is 3. The van der Waals surface area contributed by atoms with Crippen molar-refractivity contribution in [2.45, 2.75) is 45.3 Å². The molecular formula is C15H22O4. The highest BCUT2D eigenvalue weighted by Crippen LogP contribution is 2.26. The molecule has 0 fully saturated rings. The van der Waals surface area contributed by atoms with Gasteiger partial charge in [-0.25, -0.2) is 0 Å². The van der Waals surface area contributed by atoms with E-state index in [0.717, 1.165) is 5.56 Å². The molecule has 0 heterocycles. The molecule has 19 heavy (non-hydrogen) atoms. The summed E-state index contributed by atoms with van der Waals surface area (Å²) in [5.74, 6) is -1.01. The molecule has 0 aliphatic rings. The zero-order valence-corrected chi connectivity index (χ0v) is 11.4. The Labute approximate surface area is 113 Å². The van der Waals surface area contributed by atoms with Crippen LogP contribution in [0.15, 0.2) is 30.3 Å². The van der Waals surface area contributed by atoms with Gasteiger partial charge in [0.1, 0.15) is 0 Å². The van der Waals surface area contributed by atoms with Crippen molar-refractivity contribution in [3.05, 3.63) is 35.9 Å². The molecule has 106 valence electrons. The lowest BCUT2D eigenvalue weighted by molar-refractivity contribution is -0.153. The van der Waals surface area contributed by atoms with Crippen molar-refractivity contribution in [1.82, 2.24) is 0 Å². The molecule has 2 atom stereocenters. The van der Waals surface area contributed by atoms with Crippen molar-refractivity contribution < 1.29 is 20.1 Å². The van der Waals surface area contributed by atoms with Gasteiger partial charge in [-0.15, -0.1) is 0 Å². The summed E-state index contributed by atoms with van der Waals surface area (Å²) in [6, 6.07) is 9.31. The molecule has 3 N–H and O–H groups in total. The fourth-order valence-electron chi connectivity index (χ4n) is 1.85. The third kappa shape index (κ3) is 4.33. The fraction of sp³-hybridized carbons (Fsp3) is 0.533. The maximum absolute atomic E-state index is 11.0. The summed E-state index contributed by atoms with van der Waals surface area (Å²) in [5, 5.41) is 28.8. The number of aliphatic carboxylic acids is 1. The normalized spacial score (nSPS) is 14.9. The zero-order chi connectivity index (χ0) is 14.5. The smallest absolute Gasteiger partial charge is 0.311 e. The largest absolute Gasteiger partial charge is 0.481 e. The Balaban J connectivity index is 2.41. The number of carboxylic acids is 1. The molecule has 1 rings (SSSR count). The highest BCUT2D eigenvalue weighted by Gasteiger charge is 2.35. The number of benzene rings is 1. The average Bonchev–Trinajstić information content (AvgIpc) is 2.39. The predicted molar refractivity (Wildman–Crippen MR) is 72.7 cm³/mol. The average molecular weight is 266 g/mol. The molecule has 1 aromatic carbocycles. The Morgan fingerprint density at radius 1 is 1.16 bits per heavy atom. The minimum Gasteiger partial charge on any atom is -0.481 e. The lowest BCUT2D eigenvalue weighted by Gasteiger charge is -2.26. The maximum Gasteiger partial charge on any atom is 0.311 e. The summed E-state index contributed by atoms with van der Waals surface area (Å²) in [7, 11) is 0. The number of rotatable bonds is 7. The first-order chi connectivity index (χ1) is 8.85. The van der Waals surface area contributed by atoms with Crippen LogP contribution < -0.4 is 0 Å². The van der Waals surface area contributed by atoms with Gasteiger partial charge < -0.3 is 15.3 Å². The topological polar surface area (TPSA) is 77.8 Å². The Morgan fingerprint density at radius 2 is 1.74 bits per heavy atom. The van der Waals surface area contributed by atoms with Crippen LogP contribution in [0.4, 0.5) is 0 Å². The van der Waals surface area contributed by atoms with E-state index in [1.165, 1.54) is 13.8 Å². The predicted octanol–water partition coefficient (Wildman–Crippen LogP) is 2.36. The number of carboxylic acid groups (broad SMARTS) is 1. The molecule has 0 aliphatic heterocycles. The second-order valence-corrected chi connectivity index (χ2v) is 5.40. The van der Waals surface area contributed by atoms with E-state index in [-0.39, 0.29) is 0 Å². The Hall–Kier alpha value is -1.39. The van der Waals surface area contributed by atoms with E-state index in [4.69, 9.17) is 5.11 Å². The van der Waals surface area contributed by atoms with E-state index in [1.807, 2.05) is 30.3 Å². The van der Waals surface area contributed by atoms with Gasteiger partial charge in [0.15, 0.2) is 0 Å². The molecule has 0 bridgehead atoms. The summed E-state index contributed by atoms with van der Waals surface area (Å²) >= 11 is 0. The van der Waals surface area contributed by atoms with Crippen molar-refractivity contribution in [2.75, 3.05) is 0 Å². The lowest BCUT2D eigenvalue weighted by atomic mass is 9.83. The van der Waals surface area contributed by atoms with Gasteiger partial charge in [0, 0.05) is 0 Å². The lowest BCUT2D eigenvalue weighted by Crippen LogP contribution is -2.37. The summed E-state index contributed by atoms with van der Waals surface area (Å²) in [5.41, 5.74) is -0.313. The first-order valence-electron chi connectivity index (χ1n) is 6.50. The second kappa shape index (κ2) is 6.68. The molecule has 0 amide bonds. The van der Waals surface area contributed by atoms with Gasteiger partial charge in [-0.1, -0.05) is 30.3 Å². The van der Waals surface area contributed by atoms with Crippen LogP contribution in [0, 0.1) is 5.41 Å². The van der Waals surface area contributed by atoms with Gasteiger partial charge in [-0.3, -0.25) is 4.79 Å². The van der Waals surface area contributed by atoms with Crippen LogP contribution in [0.5, 0.6) is 0 Å². The molecule has 2 unspecified atom stereocenters. The van der Waals surface area contributed by atoms with Crippen molar-refractivity contribution in [1.29, 1.82) is 0 Å². The van der Waals surface area contributed by atoms with E-state index in [0.29, 0.717) is 19.3 Å². The van der Waals surface area contributed by atoms with Crippen LogP contribution in [0.3, 0.4) is 0 Å². The number of carbonyl (C=O) groups is 1. The first kappa shape index (κ1) is 15.7. The van der Waals surface area contributed by atoms with E-state index < -0.39 is 23.6 Å². The molecule has 0 aliphatic carbocycles. The van der Waals surface area contributed by atoms with Crippen LogP contribution in [-0.2, 0) is 4.79 Å². The van der Waals surface area contributed by atoms with Crippen LogP contribution in [-0.4, -0.2) is 27.4 Å². The van der Waals surface area contributed by atoms with E-state index >= 15 is 0 Å². The fourth-order valence-corrected chi connectivity index (χ4v) is 1.85. The maximum atomic E-state index is 11.0. The van der Waals surface area contributed by atoms with Gasteiger partial charge in [-0.2, -0.15) is 0 Å². The van der Waals surface area contributed by atoms with Crippen molar-refractivity contribution in [3.63, 3.8) is 0 Å². The van der Waals surface area contributed by atoms with E-state index in [2.05, 4.69) is 0 Å². The van der Waals surface area contributed by atoms with Crippen molar-refractivity contribution >= 4 is 5.97 Å². The molecule has 1 aromatic rings. The Morgan fingerprint density at radius 3 is 2.26 bits per heavy atom. The number of hydrogen-bond acceptors (Lipinski definition) is 3. The molecule has 0 aromatic heterocycles. The number of aliphatic hydroxyl groups excluding tert-OH is 2. The quantitative estimate of drug-likeness (QED) is 0.708. The molecule has 0 radical (unpaired) electrons. The number of aliphatic hydroxyl groups is 2. The van der Waals surface area contributed by atoms with Gasteiger partial charge >= 0.3 is 5.97 Å². The molecule has 0 spiro atoms. The summed E-state index contributed by atoms with van der Waals surface area (Å²) in [6.45, 7) is 3.02. The molecule has 0 saturated carbocycles. The molecule has 4 heteroatoms.